The normalized spacial score (nSPS) is 11.7. The van der Waals surface area contributed by atoms with Crippen LogP contribution in [0.4, 0.5) is 0 Å². The number of hydrogen-bond donors (Lipinski definition) is 2. The topological polar surface area (TPSA) is 58.2 Å². The van der Waals surface area contributed by atoms with Crippen molar-refractivity contribution in [3.63, 3.8) is 0 Å². The average molecular weight is 310 g/mol. The van der Waals surface area contributed by atoms with Crippen molar-refractivity contribution in [1.82, 2.24) is 10.0 Å². The molecule has 4 nitrogen and oxygen atoms in total. The van der Waals surface area contributed by atoms with Gasteiger partial charge in [0.25, 0.3) is 0 Å². The zero-order chi connectivity index (χ0) is 14.6. The number of sulfonamides is 1. The van der Waals surface area contributed by atoms with Gasteiger partial charge in [0, 0.05) is 13.1 Å². The molecular formula is C14H18N2O2S2. The Hall–Kier alpha value is -1.21. The van der Waals surface area contributed by atoms with Gasteiger partial charge in [-0.15, -0.1) is 0 Å². The zero-order valence-electron chi connectivity index (χ0n) is 11.5. The van der Waals surface area contributed by atoms with Crippen molar-refractivity contribution in [3.05, 3.63) is 51.7 Å². The van der Waals surface area contributed by atoms with Gasteiger partial charge in [0.15, 0.2) is 0 Å². The maximum Gasteiger partial charge on any atom is 0.241 e. The van der Waals surface area contributed by atoms with Crippen LogP contribution in [-0.2, 0) is 23.1 Å². The van der Waals surface area contributed by atoms with Gasteiger partial charge in [0.1, 0.15) is 0 Å². The summed E-state index contributed by atoms with van der Waals surface area (Å²) in [6.07, 6.45) is 0. The number of benzene rings is 1. The summed E-state index contributed by atoms with van der Waals surface area (Å²) in [5.41, 5.74) is 2.90. The fraction of sp³-hybridized carbons (Fsp3) is 0.286. The van der Waals surface area contributed by atoms with Crippen LogP contribution >= 0.6 is 11.3 Å². The summed E-state index contributed by atoms with van der Waals surface area (Å²) in [5, 5.41) is 6.97. The number of aryl methyl sites for hydroxylation is 1. The third-order valence-electron chi connectivity index (χ3n) is 3.04. The average Bonchev–Trinajstić information content (AvgIpc) is 2.83. The van der Waals surface area contributed by atoms with Crippen LogP contribution in [0.2, 0.25) is 0 Å². The third-order valence-corrected chi connectivity index (χ3v) is 5.46. The van der Waals surface area contributed by atoms with Gasteiger partial charge in [0.05, 0.1) is 4.90 Å². The van der Waals surface area contributed by atoms with Crippen molar-refractivity contribution in [3.8, 4) is 0 Å². The van der Waals surface area contributed by atoms with Gasteiger partial charge in [-0.05, 0) is 47.5 Å². The largest absolute Gasteiger partial charge is 0.316 e. The van der Waals surface area contributed by atoms with Crippen LogP contribution in [0.15, 0.2) is 39.9 Å². The molecular weight excluding hydrogens is 292 g/mol. The quantitative estimate of drug-likeness (QED) is 0.860. The van der Waals surface area contributed by atoms with E-state index >= 15 is 0 Å². The smallest absolute Gasteiger partial charge is 0.241 e. The molecule has 2 rings (SSSR count). The first-order chi connectivity index (χ1) is 9.54. The van der Waals surface area contributed by atoms with Crippen LogP contribution in [0.1, 0.15) is 16.7 Å². The van der Waals surface area contributed by atoms with Crippen molar-refractivity contribution < 1.29 is 8.42 Å². The third kappa shape index (κ3) is 3.46. The van der Waals surface area contributed by atoms with Crippen LogP contribution < -0.4 is 10.0 Å². The standard InChI is InChI=1S/C14H18N2O2S2/c1-11-9-19-10-13(11)8-16-20(17,18)14-6-4-3-5-12(14)7-15-2/h3-6,9-10,15-16H,7-8H2,1-2H3. The molecule has 0 saturated carbocycles. The van der Waals surface area contributed by atoms with Gasteiger partial charge >= 0.3 is 0 Å². The lowest BCUT2D eigenvalue weighted by Gasteiger charge is -2.11. The molecule has 2 N–H and O–H groups in total. The van der Waals surface area contributed by atoms with E-state index < -0.39 is 10.0 Å². The highest BCUT2D eigenvalue weighted by Crippen LogP contribution is 2.17. The lowest BCUT2D eigenvalue weighted by atomic mass is 10.2. The lowest BCUT2D eigenvalue weighted by Crippen LogP contribution is -2.25. The predicted molar refractivity (Wildman–Crippen MR) is 82.3 cm³/mol. The number of thiophene rings is 1. The highest BCUT2D eigenvalue weighted by molar-refractivity contribution is 7.89. The minimum Gasteiger partial charge on any atom is -0.316 e. The molecule has 0 bridgehead atoms. The SMILES string of the molecule is CNCc1ccccc1S(=O)(=O)NCc1cscc1C. The van der Waals surface area contributed by atoms with Crippen molar-refractivity contribution >= 4 is 21.4 Å². The summed E-state index contributed by atoms with van der Waals surface area (Å²) >= 11 is 1.58. The Labute approximate surface area is 123 Å². The van der Waals surface area contributed by atoms with E-state index in [1.165, 1.54) is 0 Å². The van der Waals surface area contributed by atoms with E-state index in [1.54, 1.807) is 30.5 Å². The second-order valence-electron chi connectivity index (χ2n) is 4.54. The maximum absolute atomic E-state index is 12.4. The molecule has 0 aliphatic carbocycles. The number of rotatable bonds is 6. The van der Waals surface area contributed by atoms with Crippen molar-refractivity contribution in [2.24, 2.45) is 0 Å². The first kappa shape index (κ1) is 15.2. The summed E-state index contributed by atoms with van der Waals surface area (Å²) in [7, 11) is -1.69. The van der Waals surface area contributed by atoms with Crippen LogP contribution in [0.3, 0.4) is 0 Å². The maximum atomic E-state index is 12.4. The van der Waals surface area contributed by atoms with Crippen molar-refractivity contribution in [2.45, 2.75) is 24.9 Å². The Bertz CT molecular complexity index is 678. The van der Waals surface area contributed by atoms with Crippen molar-refractivity contribution in [1.29, 1.82) is 0 Å². The highest BCUT2D eigenvalue weighted by Gasteiger charge is 2.17. The fourth-order valence-electron chi connectivity index (χ4n) is 1.92. The Morgan fingerprint density at radius 2 is 1.85 bits per heavy atom. The molecule has 1 aromatic heterocycles. The summed E-state index contributed by atoms with van der Waals surface area (Å²) in [6, 6.07) is 7.04. The van der Waals surface area contributed by atoms with Crippen LogP contribution in [-0.4, -0.2) is 15.5 Å². The summed E-state index contributed by atoms with van der Waals surface area (Å²) in [6.45, 7) is 2.83. The van der Waals surface area contributed by atoms with Crippen molar-refractivity contribution in [2.75, 3.05) is 7.05 Å². The first-order valence-corrected chi connectivity index (χ1v) is 8.71. The van der Waals surface area contributed by atoms with Gasteiger partial charge in [-0.1, -0.05) is 18.2 Å². The van der Waals surface area contributed by atoms with Gasteiger partial charge in [-0.3, -0.25) is 0 Å². The highest BCUT2D eigenvalue weighted by atomic mass is 32.2. The van der Waals surface area contributed by atoms with E-state index in [0.29, 0.717) is 18.0 Å². The molecule has 1 heterocycles. The fourth-order valence-corrected chi connectivity index (χ4v) is 4.02. The molecule has 1 aromatic carbocycles. The minimum atomic E-state index is -3.49. The number of nitrogens with one attached hydrogen (secondary N) is 2. The van der Waals surface area contributed by atoms with Crippen LogP contribution in [0.25, 0.3) is 0 Å². The molecule has 0 atom stereocenters. The van der Waals surface area contributed by atoms with Crippen LogP contribution in [0, 0.1) is 6.92 Å². The molecule has 6 heteroatoms. The molecule has 0 amide bonds. The second-order valence-corrected chi connectivity index (χ2v) is 7.02. The summed E-state index contributed by atoms with van der Waals surface area (Å²) in [4.78, 5) is 0.335. The molecule has 0 aliphatic rings. The Kier molecular flexibility index (Phi) is 4.93. The van der Waals surface area contributed by atoms with Gasteiger partial charge < -0.3 is 5.32 Å². The molecule has 0 aliphatic heterocycles. The Balaban J connectivity index is 2.20. The van der Waals surface area contributed by atoms with E-state index in [1.807, 2.05) is 29.8 Å². The molecule has 2 aromatic rings. The van der Waals surface area contributed by atoms with Gasteiger partial charge in [-0.25, -0.2) is 13.1 Å². The monoisotopic (exact) mass is 310 g/mol. The Morgan fingerprint density at radius 3 is 2.50 bits per heavy atom. The first-order valence-electron chi connectivity index (χ1n) is 6.28. The molecule has 0 fully saturated rings. The van der Waals surface area contributed by atoms with E-state index in [9.17, 15) is 8.42 Å². The van der Waals surface area contributed by atoms with Gasteiger partial charge in [-0.2, -0.15) is 11.3 Å². The molecule has 0 spiro atoms. The molecule has 0 saturated heterocycles. The zero-order valence-corrected chi connectivity index (χ0v) is 13.1. The van der Waals surface area contributed by atoms with E-state index in [4.69, 9.17) is 0 Å². The summed E-state index contributed by atoms with van der Waals surface area (Å²) in [5.74, 6) is 0. The predicted octanol–water partition coefficient (Wildman–Crippen LogP) is 2.25. The second kappa shape index (κ2) is 6.49. The minimum absolute atomic E-state index is 0.325. The van der Waals surface area contributed by atoms with E-state index in [-0.39, 0.29) is 0 Å². The van der Waals surface area contributed by atoms with E-state index in [2.05, 4.69) is 10.0 Å². The Morgan fingerprint density at radius 1 is 1.10 bits per heavy atom. The van der Waals surface area contributed by atoms with Gasteiger partial charge in [0.2, 0.25) is 10.0 Å². The number of hydrogen-bond acceptors (Lipinski definition) is 4. The summed E-state index contributed by atoms with van der Waals surface area (Å²) < 4.78 is 27.5. The molecule has 0 radical (unpaired) electrons. The molecule has 20 heavy (non-hydrogen) atoms. The molecule has 108 valence electrons. The molecule has 0 unspecified atom stereocenters. The lowest BCUT2D eigenvalue weighted by molar-refractivity contribution is 0.579. The van der Waals surface area contributed by atoms with Crippen LogP contribution in [0.5, 0.6) is 0 Å². The van der Waals surface area contributed by atoms with E-state index in [0.717, 1.165) is 16.7 Å².